The summed E-state index contributed by atoms with van der Waals surface area (Å²) in [4.78, 5) is 16.4. The summed E-state index contributed by atoms with van der Waals surface area (Å²) < 4.78 is 7.41. The monoisotopic (exact) mass is 328 g/mol. The van der Waals surface area contributed by atoms with Crippen LogP contribution in [0.5, 0.6) is 0 Å². The lowest BCUT2D eigenvalue weighted by Gasteiger charge is -2.24. The van der Waals surface area contributed by atoms with Crippen LogP contribution < -0.4 is 10.6 Å². The SMILES string of the molecule is Cc1nccn1-c1ccc(C(C)NC(=O)CC2COCCN2)cc1. The van der Waals surface area contributed by atoms with E-state index in [2.05, 4.69) is 15.6 Å². The van der Waals surface area contributed by atoms with Crippen LogP contribution in [0.2, 0.25) is 0 Å². The number of ether oxygens (including phenoxy) is 1. The zero-order valence-corrected chi connectivity index (χ0v) is 14.2. The molecule has 0 saturated carbocycles. The van der Waals surface area contributed by atoms with Crippen LogP contribution in [-0.4, -0.2) is 41.3 Å². The van der Waals surface area contributed by atoms with Crippen molar-refractivity contribution >= 4 is 5.91 Å². The summed E-state index contributed by atoms with van der Waals surface area (Å²) in [7, 11) is 0. The average molecular weight is 328 g/mol. The van der Waals surface area contributed by atoms with Gasteiger partial charge in [-0.3, -0.25) is 4.79 Å². The normalized spacial score (nSPS) is 19.0. The number of carbonyl (C=O) groups is 1. The molecule has 1 amide bonds. The lowest BCUT2D eigenvalue weighted by molar-refractivity contribution is -0.122. The summed E-state index contributed by atoms with van der Waals surface area (Å²) in [5.74, 6) is 0.992. The molecule has 2 aromatic rings. The fraction of sp³-hybridized carbons (Fsp3) is 0.444. The van der Waals surface area contributed by atoms with E-state index in [4.69, 9.17) is 4.74 Å². The highest BCUT2D eigenvalue weighted by molar-refractivity contribution is 5.77. The molecule has 2 atom stereocenters. The van der Waals surface area contributed by atoms with Crippen LogP contribution in [0.4, 0.5) is 0 Å². The Labute approximate surface area is 142 Å². The molecule has 128 valence electrons. The van der Waals surface area contributed by atoms with Crippen LogP contribution in [0.25, 0.3) is 5.69 Å². The Morgan fingerprint density at radius 2 is 2.25 bits per heavy atom. The quantitative estimate of drug-likeness (QED) is 0.877. The van der Waals surface area contributed by atoms with Crippen molar-refractivity contribution in [3.05, 3.63) is 48.0 Å². The molecule has 0 radical (unpaired) electrons. The summed E-state index contributed by atoms with van der Waals surface area (Å²) >= 11 is 0. The van der Waals surface area contributed by atoms with Gasteiger partial charge in [-0.05, 0) is 31.5 Å². The number of benzene rings is 1. The third kappa shape index (κ3) is 4.01. The Hall–Kier alpha value is -2.18. The molecule has 2 unspecified atom stereocenters. The first kappa shape index (κ1) is 16.7. The van der Waals surface area contributed by atoms with Crippen LogP contribution in [0.3, 0.4) is 0 Å². The van der Waals surface area contributed by atoms with E-state index in [1.165, 1.54) is 0 Å². The number of hydrogen-bond donors (Lipinski definition) is 2. The maximum atomic E-state index is 12.2. The highest BCUT2D eigenvalue weighted by Gasteiger charge is 2.18. The van der Waals surface area contributed by atoms with Crippen molar-refractivity contribution in [1.82, 2.24) is 20.2 Å². The number of aromatic nitrogens is 2. The molecule has 1 fully saturated rings. The minimum absolute atomic E-state index is 0.0278. The van der Waals surface area contributed by atoms with Gasteiger partial charge in [0.2, 0.25) is 5.91 Å². The highest BCUT2D eigenvalue weighted by atomic mass is 16.5. The topological polar surface area (TPSA) is 68.2 Å². The van der Waals surface area contributed by atoms with Gasteiger partial charge in [-0.1, -0.05) is 12.1 Å². The molecule has 1 aliphatic heterocycles. The molecule has 0 bridgehead atoms. The van der Waals surface area contributed by atoms with E-state index in [1.54, 1.807) is 6.20 Å². The van der Waals surface area contributed by atoms with Gasteiger partial charge in [-0.2, -0.15) is 0 Å². The molecule has 1 aromatic carbocycles. The van der Waals surface area contributed by atoms with Crippen molar-refractivity contribution in [2.24, 2.45) is 0 Å². The van der Waals surface area contributed by atoms with Crippen molar-refractivity contribution in [3.8, 4) is 5.69 Å². The average Bonchev–Trinajstić information content (AvgIpc) is 3.02. The number of rotatable bonds is 5. The fourth-order valence-corrected chi connectivity index (χ4v) is 2.93. The van der Waals surface area contributed by atoms with Crippen LogP contribution >= 0.6 is 0 Å². The first-order valence-electron chi connectivity index (χ1n) is 8.34. The lowest BCUT2D eigenvalue weighted by Crippen LogP contribution is -2.44. The Morgan fingerprint density at radius 3 is 2.88 bits per heavy atom. The van der Waals surface area contributed by atoms with Gasteiger partial charge in [0.15, 0.2) is 0 Å². The van der Waals surface area contributed by atoms with Crippen LogP contribution in [0.15, 0.2) is 36.7 Å². The summed E-state index contributed by atoms with van der Waals surface area (Å²) in [5.41, 5.74) is 2.15. The summed E-state index contributed by atoms with van der Waals surface area (Å²) in [6, 6.07) is 8.26. The van der Waals surface area contributed by atoms with Gasteiger partial charge in [0.25, 0.3) is 0 Å². The maximum absolute atomic E-state index is 12.2. The van der Waals surface area contributed by atoms with E-state index in [-0.39, 0.29) is 18.0 Å². The second-order valence-corrected chi connectivity index (χ2v) is 6.16. The van der Waals surface area contributed by atoms with Crippen molar-refractivity contribution in [1.29, 1.82) is 0 Å². The maximum Gasteiger partial charge on any atom is 0.222 e. The van der Waals surface area contributed by atoms with E-state index in [9.17, 15) is 4.79 Å². The number of imidazole rings is 1. The third-order valence-corrected chi connectivity index (χ3v) is 4.30. The molecule has 0 aliphatic carbocycles. The summed E-state index contributed by atoms with van der Waals surface area (Å²) in [6.07, 6.45) is 4.17. The number of morpholine rings is 1. The van der Waals surface area contributed by atoms with Crippen LogP contribution in [0, 0.1) is 6.92 Å². The van der Waals surface area contributed by atoms with Crippen molar-refractivity contribution in [2.45, 2.75) is 32.4 Å². The number of hydrogen-bond acceptors (Lipinski definition) is 4. The molecule has 3 rings (SSSR count). The number of nitrogens with one attached hydrogen (secondary N) is 2. The van der Waals surface area contributed by atoms with Gasteiger partial charge in [-0.25, -0.2) is 4.98 Å². The molecule has 6 nitrogen and oxygen atoms in total. The third-order valence-electron chi connectivity index (χ3n) is 4.30. The number of aryl methyl sites for hydroxylation is 1. The van der Waals surface area contributed by atoms with Gasteiger partial charge in [-0.15, -0.1) is 0 Å². The van der Waals surface area contributed by atoms with Crippen molar-refractivity contribution < 1.29 is 9.53 Å². The van der Waals surface area contributed by atoms with E-state index < -0.39 is 0 Å². The van der Waals surface area contributed by atoms with E-state index in [1.807, 2.05) is 48.9 Å². The molecule has 1 saturated heterocycles. The zero-order valence-electron chi connectivity index (χ0n) is 14.2. The van der Waals surface area contributed by atoms with Crippen molar-refractivity contribution in [3.63, 3.8) is 0 Å². The van der Waals surface area contributed by atoms with Gasteiger partial charge in [0, 0.05) is 37.1 Å². The van der Waals surface area contributed by atoms with Gasteiger partial charge >= 0.3 is 0 Å². The smallest absolute Gasteiger partial charge is 0.222 e. The minimum atomic E-state index is -0.0278. The van der Waals surface area contributed by atoms with Crippen LogP contribution in [-0.2, 0) is 9.53 Å². The molecule has 24 heavy (non-hydrogen) atoms. The van der Waals surface area contributed by atoms with Crippen LogP contribution in [0.1, 0.15) is 30.8 Å². The molecule has 2 N–H and O–H groups in total. The predicted molar refractivity (Wildman–Crippen MR) is 92.1 cm³/mol. The molecule has 6 heteroatoms. The first-order valence-corrected chi connectivity index (χ1v) is 8.34. The number of carbonyl (C=O) groups excluding carboxylic acids is 1. The lowest BCUT2D eigenvalue weighted by atomic mass is 10.1. The summed E-state index contributed by atoms with van der Waals surface area (Å²) in [5, 5.41) is 6.35. The standard InChI is InChI=1S/C18H24N4O2/c1-13(21-18(23)11-16-12-24-10-8-20-16)15-3-5-17(6-4-15)22-9-7-19-14(22)2/h3-7,9,13,16,20H,8,10-12H2,1-2H3,(H,21,23). The Kier molecular flexibility index (Phi) is 5.27. The second-order valence-electron chi connectivity index (χ2n) is 6.16. The van der Waals surface area contributed by atoms with E-state index in [0.717, 1.165) is 30.2 Å². The highest BCUT2D eigenvalue weighted by Crippen LogP contribution is 2.17. The Balaban J connectivity index is 1.57. The Morgan fingerprint density at radius 1 is 1.46 bits per heavy atom. The minimum Gasteiger partial charge on any atom is -0.378 e. The Bertz CT molecular complexity index is 675. The molecular formula is C18H24N4O2. The predicted octanol–water partition coefficient (Wildman–Crippen LogP) is 1.74. The number of amides is 1. The number of nitrogens with zero attached hydrogens (tertiary/aromatic N) is 2. The molecule has 2 heterocycles. The van der Waals surface area contributed by atoms with E-state index in [0.29, 0.717) is 13.0 Å². The van der Waals surface area contributed by atoms with E-state index >= 15 is 0 Å². The molecule has 1 aliphatic rings. The molecular weight excluding hydrogens is 304 g/mol. The van der Waals surface area contributed by atoms with Gasteiger partial charge < -0.3 is 19.9 Å². The largest absolute Gasteiger partial charge is 0.378 e. The molecule has 0 spiro atoms. The second kappa shape index (κ2) is 7.59. The van der Waals surface area contributed by atoms with Gasteiger partial charge in [0.1, 0.15) is 5.82 Å². The molecule has 1 aromatic heterocycles. The summed E-state index contributed by atoms with van der Waals surface area (Å²) in [6.45, 7) is 6.10. The van der Waals surface area contributed by atoms with Gasteiger partial charge in [0.05, 0.1) is 19.3 Å². The first-order chi connectivity index (χ1) is 11.6. The fourth-order valence-electron chi connectivity index (χ4n) is 2.93. The zero-order chi connectivity index (χ0) is 16.9. The van der Waals surface area contributed by atoms with Crippen molar-refractivity contribution in [2.75, 3.05) is 19.8 Å².